The van der Waals surface area contributed by atoms with Crippen LogP contribution in [0.15, 0.2) is 16.5 Å². The van der Waals surface area contributed by atoms with E-state index >= 15 is 0 Å². The van der Waals surface area contributed by atoms with Crippen molar-refractivity contribution in [3.63, 3.8) is 0 Å². The minimum Gasteiger partial charge on any atom is -0.466 e. The Bertz CT molecular complexity index is 473. The van der Waals surface area contributed by atoms with Gasteiger partial charge in [-0.1, -0.05) is 0 Å². The molecule has 2 rings (SSSR count). The Morgan fingerprint density at radius 3 is 2.78 bits per heavy atom. The van der Waals surface area contributed by atoms with Gasteiger partial charge in [-0.2, -0.15) is 0 Å². The van der Waals surface area contributed by atoms with E-state index in [9.17, 15) is 9.59 Å². The highest BCUT2D eigenvalue weighted by molar-refractivity contribution is 5.88. The standard InChI is InChI=1S/C14H19NO3/c1-10-4-5-12(18-10)8-13(17)15-9-11(16)6-7-14(15,2)3/h4-5H,6-9H2,1-3H3. The lowest BCUT2D eigenvalue weighted by Crippen LogP contribution is -2.54. The maximum atomic E-state index is 12.3. The highest BCUT2D eigenvalue weighted by Crippen LogP contribution is 2.26. The van der Waals surface area contributed by atoms with E-state index in [4.69, 9.17) is 4.42 Å². The van der Waals surface area contributed by atoms with Crippen LogP contribution in [0.2, 0.25) is 0 Å². The molecular formula is C14H19NO3. The third-order valence-electron chi connectivity index (χ3n) is 3.50. The number of carbonyl (C=O) groups excluding carboxylic acids is 2. The number of Topliss-reactive ketones (excluding diaryl/α,β-unsaturated/α-hetero) is 1. The molecule has 4 heteroatoms. The summed E-state index contributed by atoms with van der Waals surface area (Å²) >= 11 is 0. The summed E-state index contributed by atoms with van der Waals surface area (Å²) in [5, 5.41) is 0. The van der Waals surface area contributed by atoms with Gasteiger partial charge in [0.25, 0.3) is 0 Å². The number of furan rings is 1. The normalized spacial score (nSPS) is 19.1. The third kappa shape index (κ3) is 2.63. The number of nitrogens with zero attached hydrogens (tertiary/aromatic N) is 1. The molecule has 1 aromatic rings. The molecule has 98 valence electrons. The van der Waals surface area contributed by atoms with Gasteiger partial charge in [0.15, 0.2) is 5.78 Å². The molecule has 1 saturated heterocycles. The number of aryl methyl sites for hydroxylation is 1. The summed E-state index contributed by atoms with van der Waals surface area (Å²) < 4.78 is 5.41. The molecule has 18 heavy (non-hydrogen) atoms. The van der Waals surface area contributed by atoms with Crippen molar-refractivity contribution in [3.8, 4) is 0 Å². The van der Waals surface area contributed by atoms with E-state index in [1.165, 1.54) is 0 Å². The molecule has 1 amide bonds. The van der Waals surface area contributed by atoms with Crippen LogP contribution in [-0.2, 0) is 16.0 Å². The minimum atomic E-state index is -0.243. The minimum absolute atomic E-state index is 0.0394. The molecule has 0 atom stereocenters. The predicted molar refractivity (Wildman–Crippen MR) is 67.2 cm³/mol. The maximum absolute atomic E-state index is 12.3. The van der Waals surface area contributed by atoms with Crippen molar-refractivity contribution in [2.45, 2.75) is 45.6 Å². The van der Waals surface area contributed by atoms with E-state index in [2.05, 4.69) is 0 Å². The number of rotatable bonds is 2. The lowest BCUT2D eigenvalue weighted by molar-refractivity contribution is -0.144. The number of hydrogen-bond acceptors (Lipinski definition) is 3. The average molecular weight is 249 g/mol. The van der Waals surface area contributed by atoms with Gasteiger partial charge in [-0.05, 0) is 39.3 Å². The van der Waals surface area contributed by atoms with Gasteiger partial charge in [0.05, 0.1) is 13.0 Å². The average Bonchev–Trinajstić information content (AvgIpc) is 2.67. The van der Waals surface area contributed by atoms with Gasteiger partial charge in [0, 0.05) is 12.0 Å². The van der Waals surface area contributed by atoms with Crippen molar-refractivity contribution in [1.82, 2.24) is 4.90 Å². The number of carbonyl (C=O) groups is 2. The first-order valence-electron chi connectivity index (χ1n) is 6.26. The molecule has 0 spiro atoms. The van der Waals surface area contributed by atoms with Crippen LogP contribution in [-0.4, -0.2) is 28.7 Å². The molecule has 0 unspecified atom stereocenters. The van der Waals surface area contributed by atoms with Crippen molar-refractivity contribution in [3.05, 3.63) is 23.7 Å². The van der Waals surface area contributed by atoms with Crippen LogP contribution in [0.25, 0.3) is 0 Å². The molecule has 1 aliphatic rings. The number of hydrogen-bond donors (Lipinski definition) is 0. The zero-order chi connectivity index (χ0) is 13.3. The maximum Gasteiger partial charge on any atom is 0.231 e. The van der Waals surface area contributed by atoms with E-state index < -0.39 is 0 Å². The highest BCUT2D eigenvalue weighted by atomic mass is 16.3. The summed E-state index contributed by atoms with van der Waals surface area (Å²) in [4.78, 5) is 25.4. The molecule has 0 aromatic carbocycles. The summed E-state index contributed by atoms with van der Waals surface area (Å²) in [5.74, 6) is 1.55. The summed E-state index contributed by atoms with van der Waals surface area (Å²) in [6.45, 7) is 6.09. The molecule has 0 bridgehead atoms. The van der Waals surface area contributed by atoms with E-state index in [0.29, 0.717) is 12.2 Å². The van der Waals surface area contributed by atoms with E-state index in [1.807, 2.05) is 32.9 Å². The number of piperidine rings is 1. The third-order valence-corrected chi connectivity index (χ3v) is 3.50. The molecule has 4 nitrogen and oxygen atoms in total. The summed E-state index contributed by atoms with van der Waals surface area (Å²) in [6, 6.07) is 3.65. The smallest absolute Gasteiger partial charge is 0.231 e. The Morgan fingerprint density at radius 1 is 1.44 bits per heavy atom. The highest BCUT2D eigenvalue weighted by Gasteiger charge is 2.36. The zero-order valence-electron chi connectivity index (χ0n) is 11.2. The van der Waals surface area contributed by atoms with Crippen LogP contribution >= 0.6 is 0 Å². The van der Waals surface area contributed by atoms with Gasteiger partial charge >= 0.3 is 0 Å². The monoisotopic (exact) mass is 249 g/mol. The SMILES string of the molecule is Cc1ccc(CC(=O)N2CC(=O)CCC2(C)C)o1. The van der Waals surface area contributed by atoms with Gasteiger partial charge in [0.2, 0.25) is 5.91 Å². The molecule has 2 heterocycles. The van der Waals surface area contributed by atoms with Crippen molar-refractivity contribution in [2.24, 2.45) is 0 Å². The Labute approximate surface area is 107 Å². The molecule has 0 saturated carbocycles. The second-order valence-electron chi connectivity index (χ2n) is 5.52. The van der Waals surface area contributed by atoms with Crippen LogP contribution in [0.4, 0.5) is 0 Å². The molecule has 1 aromatic heterocycles. The molecule has 0 N–H and O–H groups in total. The van der Waals surface area contributed by atoms with E-state index in [0.717, 1.165) is 12.2 Å². The number of ketones is 1. The Morgan fingerprint density at radius 2 is 2.17 bits per heavy atom. The van der Waals surface area contributed by atoms with Gasteiger partial charge in [-0.25, -0.2) is 0 Å². The van der Waals surface area contributed by atoms with Crippen LogP contribution in [0.3, 0.4) is 0 Å². The van der Waals surface area contributed by atoms with Crippen molar-refractivity contribution >= 4 is 11.7 Å². The number of likely N-dealkylation sites (tertiary alicyclic amines) is 1. The van der Waals surface area contributed by atoms with E-state index in [-0.39, 0.29) is 30.2 Å². The quantitative estimate of drug-likeness (QED) is 0.806. The topological polar surface area (TPSA) is 50.5 Å². The second kappa shape index (κ2) is 4.59. The lowest BCUT2D eigenvalue weighted by atomic mass is 9.89. The van der Waals surface area contributed by atoms with Crippen molar-refractivity contribution < 1.29 is 14.0 Å². The first-order chi connectivity index (χ1) is 8.38. The fourth-order valence-electron chi connectivity index (χ4n) is 2.30. The Hall–Kier alpha value is -1.58. The summed E-state index contributed by atoms with van der Waals surface area (Å²) in [5.41, 5.74) is -0.243. The molecule has 1 fully saturated rings. The van der Waals surface area contributed by atoms with Crippen LogP contribution in [0.1, 0.15) is 38.2 Å². The van der Waals surface area contributed by atoms with Crippen molar-refractivity contribution in [2.75, 3.05) is 6.54 Å². The zero-order valence-corrected chi connectivity index (χ0v) is 11.2. The van der Waals surface area contributed by atoms with Crippen molar-refractivity contribution in [1.29, 1.82) is 0 Å². The molecule has 0 radical (unpaired) electrons. The van der Waals surface area contributed by atoms with Crippen LogP contribution < -0.4 is 0 Å². The van der Waals surface area contributed by atoms with Gasteiger partial charge in [0.1, 0.15) is 11.5 Å². The summed E-state index contributed by atoms with van der Waals surface area (Å²) in [7, 11) is 0. The molecule has 1 aliphatic heterocycles. The van der Waals surface area contributed by atoms with Gasteiger partial charge in [-0.3, -0.25) is 9.59 Å². The fraction of sp³-hybridized carbons (Fsp3) is 0.571. The first kappa shape index (κ1) is 12.9. The van der Waals surface area contributed by atoms with Crippen LogP contribution in [0, 0.1) is 6.92 Å². The molecule has 0 aliphatic carbocycles. The fourth-order valence-corrected chi connectivity index (χ4v) is 2.30. The van der Waals surface area contributed by atoms with Gasteiger partial charge in [-0.15, -0.1) is 0 Å². The molecular weight excluding hydrogens is 230 g/mol. The summed E-state index contributed by atoms with van der Waals surface area (Å²) in [6.07, 6.45) is 1.52. The number of amides is 1. The van der Waals surface area contributed by atoms with E-state index in [1.54, 1.807) is 4.90 Å². The van der Waals surface area contributed by atoms with Crippen LogP contribution in [0.5, 0.6) is 0 Å². The largest absolute Gasteiger partial charge is 0.466 e. The Kier molecular flexibility index (Phi) is 3.28. The first-order valence-corrected chi connectivity index (χ1v) is 6.26. The van der Waals surface area contributed by atoms with Gasteiger partial charge < -0.3 is 9.32 Å². The second-order valence-corrected chi connectivity index (χ2v) is 5.52. The lowest BCUT2D eigenvalue weighted by Gasteiger charge is -2.41. The Balaban J connectivity index is 2.09. The predicted octanol–water partition coefficient (Wildman–Crippen LogP) is 2.10.